The van der Waals surface area contributed by atoms with Crippen LogP contribution in [0.2, 0.25) is 0 Å². The number of carbonyl (C=O) groups is 2. The van der Waals surface area contributed by atoms with E-state index < -0.39 is 34.8 Å². The summed E-state index contributed by atoms with van der Waals surface area (Å²) in [6, 6.07) is 0.907. The average Bonchev–Trinajstić information content (AvgIpc) is 2.14. The Hall–Kier alpha value is -1.57. The number of aromatic carboxylic acids is 2. The standard InChI is InChI=1S/C9H4BrF3O4/c10-6-2-3(7(14)15)5(9(11,12)13)1-4(6)8(16)17/h1-2H,(H,14,15)(H,16,17). The van der Waals surface area contributed by atoms with E-state index in [-0.39, 0.29) is 10.5 Å². The van der Waals surface area contributed by atoms with Gasteiger partial charge in [0.25, 0.3) is 0 Å². The molecule has 2 N–H and O–H groups in total. The van der Waals surface area contributed by atoms with Crippen LogP contribution >= 0.6 is 15.9 Å². The SMILES string of the molecule is O=C(O)c1cc(C(F)(F)F)c(C(=O)O)cc1Br. The van der Waals surface area contributed by atoms with Crippen molar-refractivity contribution in [3.8, 4) is 0 Å². The molecule has 0 radical (unpaired) electrons. The van der Waals surface area contributed by atoms with Gasteiger partial charge in [0.05, 0.1) is 16.7 Å². The number of carboxylic acids is 2. The lowest BCUT2D eigenvalue weighted by molar-refractivity contribution is -0.138. The van der Waals surface area contributed by atoms with Crippen molar-refractivity contribution in [3.05, 3.63) is 33.3 Å². The van der Waals surface area contributed by atoms with E-state index >= 15 is 0 Å². The van der Waals surface area contributed by atoms with Crippen molar-refractivity contribution in [2.75, 3.05) is 0 Å². The molecular weight excluding hydrogens is 309 g/mol. The molecule has 0 saturated carbocycles. The van der Waals surface area contributed by atoms with Crippen molar-refractivity contribution in [3.63, 3.8) is 0 Å². The average molecular weight is 313 g/mol. The van der Waals surface area contributed by atoms with Gasteiger partial charge < -0.3 is 10.2 Å². The molecular formula is C9H4BrF3O4. The lowest BCUT2D eigenvalue weighted by Gasteiger charge is -2.12. The first kappa shape index (κ1) is 13.5. The highest BCUT2D eigenvalue weighted by atomic mass is 79.9. The number of alkyl halides is 3. The fourth-order valence-electron chi connectivity index (χ4n) is 1.15. The van der Waals surface area contributed by atoms with E-state index in [1.807, 2.05) is 0 Å². The first-order valence-corrected chi connectivity index (χ1v) is 4.81. The number of hydrogen-bond donors (Lipinski definition) is 2. The van der Waals surface area contributed by atoms with Gasteiger partial charge in [0.1, 0.15) is 0 Å². The molecule has 0 saturated heterocycles. The molecule has 0 aliphatic rings. The molecule has 4 nitrogen and oxygen atoms in total. The second kappa shape index (κ2) is 4.36. The summed E-state index contributed by atoms with van der Waals surface area (Å²) in [5.41, 5.74) is -3.15. The number of benzene rings is 1. The Kier molecular flexibility index (Phi) is 3.46. The normalized spacial score (nSPS) is 11.3. The van der Waals surface area contributed by atoms with Gasteiger partial charge in [-0.1, -0.05) is 0 Å². The Morgan fingerprint density at radius 2 is 1.53 bits per heavy atom. The number of rotatable bonds is 2. The Labute approximate surface area is 101 Å². The molecule has 0 bridgehead atoms. The third-order valence-electron chi connectivity index (χ3n) is 1.87. The molecule has 0 heterocycles. The molecule has 0 spiro atoms. The van der Waals surface area contributed by atoms with Crippen molar-refractivity contribution in [1.29, 1.82) is 0 Å². The second-order valence-electron chi connectivity index (χ2n) is 2.99. The molecule has 1 aromatic rings. The van der Waals surface area contributed by atoms with Crippen LogP contribution in [-0.4, -0.2) is 22.2 Å². The lowest BCUT2D eigenvalue weighted by atomic mass is 10.0. The summed E-state index contributed by atoms with van der Waals surface area (Å²) in [6.45, 7) is 0. The lowest BCUT2D eigenvalue weighted by Crippen LogP contribution is -2.15. The first-order chi connectivity index (χ1) is 7.64. The van der Waals surface area contributed by atoms with Crippen LogP contribution in [0.5, 0.6) is 0 Å². The van der Waals surface area contributed by atoms with Gasteiger partial charge in [-0.05, 0) is 28.1 Å². The maximum absolute atomic E-state index is 12.5. The molecule has 0 fully saturated rings. The van der Waals surface area contributed by atoms with Crippen LogP contribution in [0.3, 0.4) is 0 Å². The van der Waals surface area contributed by atoms with Crippen LogP contribution in [0, 0.1) is 0 Å². The molecule has 0 amide bonds. The maximum Gasteiger partial charge on any atom is 0.417 e. The zero-order chi connectivity index (χ0) is 13.4. The van der Waals surface area contributed by atoms with Gasteiger partial charge in [0.2, 0.25) is 0 Å². The smallest absolute Gasteiger partial charge is 0.417 e. The molecule has 8 heteroatoms. The van der Waals surface area contributed by atoms with Crippen LogP contribution in [0.1, 0.15) is 26.3 Å². The Morgan fingerprint density at radius 1 is 1.06 bits per heavy atom. The topological polar surface area (TPSA) is 74.6 Å². The zero-order valence-corrected chi connectivity index (χ0v) is 9.46. The van der Waals surface area contributed by atoms with Crippen molar-refractivity contribution < 1.29 is 33.0 Å². The highest BCUT2D eigenvalue weighted by Gasteiger charge is 2.36. The van der Waals surface area contributed by atoms with Gasteiger partial charge >= 0.3 is 18.1 Å². The van der Waals surface area contributed by atoms with Crippen LogP contribution in [0.4, 0.5) is 13.2 Å². The predicted molar refractivity (Wildman–Crippen MR) is 53.1 cm³/mol. The van der Waals surface area contributed by atoms with Crippen molar-refractivity contribution in [2.24, 2.45) is 0 Å². The van der Waals surface area contributed by atoms with E-state index in [0.29, 0.717) is 6.07 Å². The van der Waals surface area contributed by atoms with Crippen LogP contribution in [0.15, 0.2) is 16.6 Å². The highest BCUT2D eigenvalue weighted by Crippen LogP contribution is 2.35. The summed E-state index contributed by atoms with van der Waals surface area (Å²) in [4.78, 5) is 21.3. The number of halogens is 4. The summed E-state index contributed by atoms with van der Waals surface area (Å²) >= 11 is 2.71. The second-order valence-corrected chi connectivity index (χ2v) is 3.84. The Balaban J connectivity index is 3.60. The number of carboxylic acid groups (broad SMARTS) is 2. The van der Waals surface area contributed by atoms with Crippen molar-refractivity contribution >= 4 is 27.9 Å². The molecule has 17 heavy (non-hydrogen) atoms. The van der Waals surface area contributed by atoms with E-state index in [2.05, 4.69) is 15.9 Å². The molecule has 1 rings (SSSR count). The fourth-order valence-corrected chi connectivity index (χ4v) is 1.66. The molecule has 0 aromatic heterocycles. The minimum absolute atomic E-state index is 0.226. The maximum atomic E-state index is 12.5. The monoisotopic (exact) mass is 312 g/mol. The van der Waals surface area contributed by atoms with Gasteiger partial charge in [0, 0.05) is 4.47 Å². The van der Waals surface area contributed by atoms with E-state index in [9.17, 15) is 22.8 Å². The summed E-state index contributed by atoms with van der Waals surface area (Å²) in [5, 5.41) is 17.3. The summed E-state index contributed by atoms with van der Waals surface area (Å²) in [6.07, 6.45) is -4.93. The van der Waals surface area contributed by atoms with E-state index in [0.717, 1.165) is 0 Å². The minimum Gasteiger partial charge on any atom is -0.478 e. The molecule has 92 valence electrons. The van der Waals surface area contributed by atoms with Gasteiger partial charge in [0.15, 0.2) is 0 Å². The van der Waals surface area contributed by atoms with Gasteiger partial charge in [-0.15, -0.1) is 0 Å². The van der Waals surface area contributed by atoms with Crippen LogP contribution in [0.25, 0.3) is 0 Å². The van der Waals surface area contributed by atoms with Gasteiger partial charge in [-0.3, -0.25) is 0 Å². The molecule has 0 atom stereocenters. The number of hydrogen-bond acceptors (Lipinski definition) is 2. The van der Waals surface area contributed by atoms with Gasteiger partial charge in [-0.2, -0.15) is 13.2 Å². The zero-order valence-electron chi connectivity index (χ0n) is 7.88. The third kappa shape index (κ3) is 2.76. The quantitative estimate of drug-likeness (QED) is 0.880. The van der Waals surface area contributed by atoms with E-state index in [1.54, 1.807) is 0 Å². The minimum atomic E-state index is -4.93. The Bertz CT molecular complexity index is 496. The third-order valence-corrected chi connectivity index (χ3v) is 2.53. The predicted octanol–water partition coefficient (Wildman–Crippen LogP) is 2.86. The van der Waals surface area contributed by atoms with E-state index in [4.69, 9.17) is 10.2 Å². The highest BCUT2D eigenvalue weighted by molar-refractivity contribution is 9.10. The Morgan fingerprint density at radius 3 is 1.88 bits per heavy atom. The summed E-state index contributed by atoms with van der Waals surface area (Å²) < 4.78 is 37.3. The first-order valence-electron chi connectivity index (χ1n) is 4.02. The summed E-state index contributed by atoms with van der Waals surface area (Å²) in [7, 11) is 0. The van der Waals surface area contributed by atoms with Crippen molar-refractivity contribution in [1.82, 2.24) is 0 Å². The fraction of sp³-hybridized carbons (Fsp3) is 0.111. The van der Waals surface area contributed by atoms with Crippen LogP contribution in [-0.2, 0) is 6.18 Å². The van der Waals surface area contributed by atoms with Crippen LogP contribution < -0.4 is 0 Å². The molecule has 1 aromatic carbocycles. The van der Waals surface area contributed by atoms with E-state index in [1.165, 1.54) is 0 Å². The largest absolute Gasteiger partial charge is 0.478 e. The molecule has 0 aliphatic heterocycles. The molecule has 0 unspecified atom stereocenters. The summed E-state index contributed by atoms with van der Waals surface area (Å²) in [5.74, 6) is -3.37. The molecule has 0 aliphatic carbocycles. The van der Waals surface area contributed by atoms with Crippen molar-refractivity contribution in [2.45, 2.75) is 6.18 Å². The van der Waals surface area contributed by atoms with Gasteiger partial charge in [-0.25, -0.2) is 9.59 Å².